The van der Waals surface area contributed by atoms with Gasteiger partial charge in [-0.3, -0.25) is 0 Å². The molecule has 0 radical (unpaired) electrons. The zero-order chi connectivity index (χ0) is 19.4. The summed E-state index contributed by atoms with van der Waals surface area (Å²) < 4.78 is 55.2. The quantitative estimate of drug-likeness (QED) is 0.850. The fraction of sp³-hybridized carbons (Fsp3) is 0.412. The summed E-state index contributed by atoms with van der Waals surface area (Å²) in [6.07, 6.45) is -4.49. The highest BCUT2D eigenvalue weighted by Crippen LogP contribution is 2.38. The van der Waals surface area contributed by atoms with Crippen LogP contribution < -0.4 is 24.4 Å². The third-order valence-electron chi connectivity index (χ3n) is 4.02. The van der Waals surface area contributed by atoms with Gasteiger partial charge in [-0.25, -0.2) is 0 Å². The Kier molecular flexibility index (Phi) is 5.54. The number of piperazine rings is 1. The maximum atomic E-state index is 13.2. The third kappa shape index (κ3) is 4.51. The van der Waals surface area contributed by atoms with E-state index in [-0.39, 0.29) is 23.5 Å². The molecule has 10 heteroatoms. The van der Waals surface area contributed by atoms with Crippen LogP contribution in [0.2, 0.25) is 0 Å². The molecule has 0 saturated carbocycles. The Labute approximate surface area is 154 Å². The molecule has 2 heterocycles. The summed E-state index contributed by atoms with van der Waals surface area (Å²) in [7, 11) is 2.81. The van der Waals surface area contributed by atoms with Gasteiger partial charge in [0.1, 0.15) is 0 Å². The summed E-state index contributed by atoms with van der Waals surface area (Å²) >= 11 is 0. The van der Waals surface area contributed by atoms with E-state index in [1.54, 1.807) is 0 Å². The predicted molar refractivity (Wildman–Crippen MR) is 91.7 cm³/mol. The molecule has 27 heavy (non-hydrogen) atoms. The van der Waals surface area contributed by atoms with Crippen LogP contribution in [-0.4, -0.2) is 50.4 Å². The van der Waals surface area contributed by atoms with Crippen molar-refractivity contribution in [3.05, 3.63) is 29.8 Å². The Morgan fingerprint density at radius 2 is 1.63 bits per heavy atom. The third-order valence-corrected chi connectivity index (χ3v) is 4.02. The van der Waals surface area contributed by atoms with Crippen molar-refractivity contribution in [1.29, 1.82) is 0 Å². The first-order chi connectivity index (χ1) is 12.9. The summed E-state index contributed by atoms with van der Waals surface area (Å²) in [6.45, 7) is 2.74. The van der Waals surface area contributed by atoms with Crippen LogP contribution in [-0.2, 0) is 6.18 Å². The van der Waals surface area contributed by atoms with Gasteiger partial charge in [-0.1, -0.05) is 0 Å². The molecular formula is C17H19F3N4O3. The molecule has 1 aromatic carbocycles. The molecule has 146 valence electrons. The summed E-state index contributed by atoms with van der Waals surface area (Å²) in [5.74, 6) is 0.363. The number of halogens is 3. The number of hydrogen-bond donors (Lipinski definition) is 1. The second kappa shape index (κ2) is 7.87. The highest BCUT2D eigenvalue weighted by molar-refractivity contribution is 5.61. The van der Waals surface area contributed by atoms with Gasteiger partial charge in [0.2, 0.25) is 11.8 Å². The van der Waals surface area contributed by atoms with E-state index in [1.165, 1.54) is 26.4 Å². The molecule has 0 atom stereocenters. The Morgan fingerprint density at radius 3 is 2.19 bits per heavy atom. The number of nitrogens with one attached hydrogen (secondary N) is 1. The molecular weight excluding hydrogens is 365 g/mol. The van der Waals surface area contributed by atoms with Crippen molar-refractivity contribution < 1.29 is 27.4 Å². The molecule has 0 aliphatic carbocycles. The normalized spacial score (nSPS) is 14.8. The summed E-state index contributed by atoms with van der Waals surface area (Å²) in [4.78, 5) is 10.00. The fourth-order valence-electron chi connectivity index (χ4n) is 2.68. The van der Waals surface area contributed by atoms with Crippen molar-refractivity contribution in [1.82, 2.24) is 15.3 Å². The molecule has 0 bridgehead atoms. The lowest BCUT2D eigenvalue weighted by molar-refractivity contribution is -0.137. The molecule has 1 aliphatic rings. The molecule has 1 saturated heterocycles. The molecule has 1 aromatic heterocycles. The first-order valence-electron chi connectivity index (χ1n) is 8.22. The summed E-state index contributed by atoms with van der Waals surface area (Å²) in [5, 5.41) is 3.20. The van der Waals surface area contributed by atoms with E-state index in [9.17, 15) is 13.2 Å². The van der Waals surface area contributed by atoms with Crippen molar-refractivity contribution >= 4 is 5.69 Å². The van der Waals surface area contributed by atoms with Gasteiger partial charge in [-0.2, -0.15) is 23.1 Å². The van der Waals surface area contributed by atoms with Gasteiger partial charge in [0, 0.05) is 26.2 Å². The molecule has 1 fully saturated rings. The van der Waals surface area contributed by atoms with Crippen LogP contribution >= 0.6 is 0 Å². The number of benzene rings is 1. The van der Waals surface area contributed by atoms with Crippen molar-refractivity contribution in [3.8, 4) is 23.5 Å². The van der Waals surface area contributed by atoms with E-state index in [1.807, 2.05) is 4.90 Å². The number of hydrogen-bond acceptors (Lipinski definition) is 7. The Hall–Kier alpha value is -2.75. The molecule has 0 unspecified atom stereocenters. The van der Waals surface area contributed by atoms with Gasteiger partial charge in [-0.15, -0.1) is 0 Å². The zero-order valence-corrected chi connectivity index (χ0v) is 14.8. The van der Waals surface area contributed by atoms with Gasteiger partial charge >= 0.3 is 12.2 Å². The molecule has 7 nitrogen and oxygen atoms in total. The number of ether oxygens (including phenoxy) is 3. The summed E-state index contributed by atoms with van der Waals surface area (Å²) in [5.41, 5.74) is -0.277. The molecule has 3 rings (SSSR count). The van der Waals surface area contributed by atoms with Crippen LogP contribution in [0.3, 0.4) is 0 Å². The van der Waals surface area contributed by atoms with Gasteiger partial charge in [-0.05, 0) is 18.2 Å². The Balaban J connectivity index is 2.00. The fourth-order valence-corrected chi connectivity index (χ4v) is 2.68. The standard InChI is InChI=1S/C17H19F3N4O3/c1-25-14-10-15(26-2)23-16(22-14)27-13-9-11(17(18,19)20)3-4-12(13)24-7-5-21-6-8-24/h3-4,9-10,21H,5-8H2,1-2H3. The van der Waals surface area contributed by atoms with Crippen molar-refractivity contribution in [2.45, 2.75) is 6.18 Å². The van der Waals surface area contributed by atoms with Gasteiger partial charge in [0.25, 0.3) is 0 Å². The maximum Gasteiger partial charge on any atom is 0.416 e. The lowest BCUT2D eigenvalue weighted by Crippen LogP contribution is -2.43. The van der Waals surface area contributed by atoms with E-state index in [4.69, 9.17) is 14.2 Å². The zero-order valence-electron chi connectivity index (χ0n) is 14.8. The van der Waals surface area contributed by atoms with Crippen LogP contribution in [0.4, 0.5) is 18.9 Å². The number of nitrogens with zero attached hydrogens (tertiary/aromatic N) is 3. The minimum atomic E-state index is -4.49. The SMILES string of the molecule is COc1cc(OC)nc(Oc2cc(C(F)(F)F)ccc2N2CCNCC2)n1. The number of aromatic nitrogens is 2. The Morgan fingerprint density at radius 1 is 1.00 bits per heavy atom. The van der Waals surface area contributed by atoms with E-state index in [0.717, 1.165) is 25.2 Å². The molecule has 0 amide bonds. The van der Waals surface area contributed by atoms with Crippen molar-refractivity contribution in [3.63, 3.8) is 0 Å². The number of alkyl halides is 3. The van der Waals surface area contributed by atoms with Crippen LogP contribution in [0.15, 0.2) is 24.3 Å². The minimum Gasteiger partial charge on any atom is -0.481 e. The van der Waals surface area contributed by atoms with Gasteiger partial charge < -0.3 is 24.4 Å². The monoisotopic (exact) mass is 384 g/mol. The molecule has 2 aromatic rings. The van der Waals surface area contributed by atoms with E-state index in [0.29, 0.717) is 18.8 Å². The van der Waals surface area contributed by atoms with Crippen LogP contribution in [0.1, 0.15) is 5.56 Å². The van der Waals surface area contributed by atoms with E-state index >= 15 is 0 Å². The van der Waals surface area contributed by atoms with E-state index < -0.39 is 11.7 Å². The lowest BCUT2D eigenvalue weighted by atomic mass is 10.1. The number of rotatable bonds is 5. The van der Waals surface area contributed by atoms with Crippen molar-refractivity contribution in [2.24, 2.45) is 0 Å². The second-order valence-corrected chi connectivity index (χ2v) is 5.75. The van der Waals surface area contributed by atoms with Gasteiger partial charge in [0.05, 0.1) is 31.5 Å². The first kappa shape index (κ1) is 19.0. The first-order valence-corrected chi connectivity index (χ1v) is 8.22. The molecule has 1 aliphatic heterocycles. The topological polar surface area (TPSA) is 68.7 Å². The average Bonchev–Trinajstić information content (AvgIpc) is 2.67. The molecule has 0 spiro atoms. The highest BCUT2D eigenvalue weighted by Gasteiger charge is 2.32. The summed E-state index contributed by atoms with van der Waals surface area (Å²) in [6, 6.07) is 4.67. The number of methoxy groups -OCH3 is 2. The minimum absolute atomic E-state index is 0.0158. The van der Waals surface area contributed by atoms with Gasteiger partial charge in [0.15, 0.2) is 5.75 Å². The number of anilines is 1. The second-order valence-electron chi connectivity index (χ2n) is 5.75. The van der Waals surface area contributed by atoms with Crippen LogP contribution in [0, 0.1) is 0 Å². The smallest absolute Gasteiger partial charge is 0.416 e. The van der Waals surface area contributed by atoms with E-state index in [2.05, 4.69) is 15.3 Å². The highest BCUT2D eigenvalue weighted by atomic mass is 19.4. The largest absolute Gasteiger partial charge is 0.481 e. The molecule has 1 N–H and O–H groups in total. The van der Waals surface area contributed by atoms with Crippen LogP contribution in [0.5, 0.6) is 23.5 Å². The van der Waals surface area contributed by atoms with Crippen LogP contribution in [0.25, 0.3) is 0 Å². The lowest BCUT2D eigenvalue weighted by Gasteiger charge is -2.30. The Bertz CT molecular complexity index is 773. The maximum absolute atomic E-state index is 13.2. The average molecular weight is 384 g/mol. The predicted octanol–water partition coefficient (Wildman–Crippen LogP) is 2.71. The van der Waals surface area contributed by atoms with Crippen molar-refractivity contribution in [2.75, 3.05) is 45.3 Å².